The maximum Gasteiger partial charge on any atom is 0.249 e. The second-order valence-corrected chi connectivity index (χ2v) is 4.57. The van der Waals surface area contributed by atoms with Crippen LogP contribution in [0.2, 0.25) is 0 Å². The Morgan fingerprint density at radius 2 is 2.21 bits per heavy atom. The maximum atomic E-state index is 11.8. The molecule has 0 saturated carbocycles. The molecule has 1 fully saturated rings. The summed E-state index contributed by atoms with van der Waals surface area (Å²) in [5.41, 5.74) is 2.45. The highest BCUT2D eigenvalue weighted by atomic mass is 16.5. The third-order valence-corrected chi connectivity index (χ3v) is 3.16. The fourth-order valence-electron chi connectivity index (χ4n) is 2.16. The number of carbonyl (C=O) groups excluding carboxylic acids is 1. The Labute approximate surface area is 111 Å². The summed E-state index contributed by atoms with van der Waals surface area (Å²) in [6.07, 6.45) is 3.15. The van der Waals surface area contributed by atoms with E-state index in [4.69, 9.17) is 4.74 Å². The number of nitrogens with one attached hydrogen (secondary N) is 1. The first-order chi connectivity index (χ1) is 9.33. The second kappa shape index (κ2) is 5.32. The van der Waals surface area contributed by atoms with Crippen LogP contribution in [0.25, 0.3) is 11.0 Å². The Morgan fingerprint density at radius 3 is 3.00 bits per heavy atom. The fraction of sp³-hybridized carbons (Fsp3) is 0.357. The molecule has 1 saturated heterocycles. The third-order valence-electron chi connectivity index (χ3n) is 3.16. The zero-order valence-electron chi connectivity index (χ0n) is 10.5. The number of carbonyl (C=O) groups is 1. The predicted molar refractivity (Wildman–Crippen MR) is 70.4 cm³/mol. The first kappa shape index (κ1) is 12.0. The highest BCUT2D eigenvalue weighted by Crippen LogP contribution is 2.12. The normalized spacial score (nSPS) is 18.6. The summed E-state index contributed by atoms with van der Waals surface area (Å²) in [5, 5.41) is 2.84. The Bertz CT molecular complexity index is 594. The van der Waals surface area contributed by atoms with Crippen LogP contribution in [-0.4, -0.2) is 28.6 Å². The van der Waals surface area contributed by atoms with E-state index in [0.717, 1.165) is 29.6 Å². The topological polar surface area (TPSA) is 64.1 Å². The molecular formula is C14H15N3O2. The number of hydrogen-bond donors (Lipinski definition) is 1. The Kier molecular flexibility index (Phi) is 3.37. The van der Waals surface area contributed by atoms with E-state index in [2.05, 4.69) is 15.3 Å². The number of fused-ring (bicyclic) bond motifs is 1. The van der Waals surface area contributed by atoms with Gasteiger partial charge in [-0.15, -0.1) is 0 Å². The number of aromatic nitrogens is 2. The van der Waals surface area contributed by atoms with E-state index in [0.29, 0.717) is 13.2 Å². The lowest BCUT2D eigenvalue weighted by Gasteiger charge is -2.10. The zero-order chi connectivity index (χ0) is 13.1. The quantitative estimate of drug-likeness (QED) is 0.903. The molecule has 1 unspecified atom stereocenters. The first-order valence-electron chi connectivity index (χ1n) is 6.43. The van der Waals surface area contributed by atoms with Crippen molar-refractivity contribution in [3.8, 4) is 0 Å². The minimum absolute atomic E-state index is 0.0625. The largest absolute Gasteiger partial charge is 0.368 e. The van der Waals surface area contributed by atoms with E-state index in [1.807, 2.05) is 24.3 Å². The van der Waals surface area contributed by atoms with Gasteiger partial charge in [0.05, 0.1) is 29.5 Å². The van der Waals surface area contributed by atoms with Gasteiger partial charge in [-0.3, -0.25) is 9.78 Å². The van der Waals surface area contributed by atoms with Crippen LogP contribution < -0.4 is 5.32 Å². The van der Waals surface area contributed by atoms with Crippen LogP contribution in [0.3, 0.4) is 0 Å². The van der Waals surface area contributed by atoms with Crippen LogP contribution in [0.4, 0.5) is 0 Å². The molecule has 1 N–H and O–H groups in total. The van der Waals surface area contributed by atoms with Crippen LogP contribution in [0.1, 0.15) is 18.5 Å². The van der Waals surface area contributed by atoms with Crippen molar-refractivity contribution in [1.82, 2.24) is 15.3 Å². The third kappa shape index (κ3) is 2.71. The lowest BCUT2D eigenvalue weighted by atomic mass is 10.2. The van der Waals surface area contributed by atoms with E-state index < -0.39 is 0 Å². The predicted octanol–water partition coefficient (Wildman–Crippen LogP) is 1.42. The van der Waals surface area contributed by atoms with Crippen molar-refractivity contribution in [2.75, 3.05) is 6.61 Å². The van der Waals surface area contributed by atoms with Crippen LogP contribution in [0.15, 0.2) is 30.5 Å². The molecule has 2 heterocycles. The first-order valence-corrected chi connectivity index (χ1v) is 6.43. The second-order valence-electron chi connectivity index (χ2n) is 4.57. The van der Waals surface area contributed by atoms with Gasteiger partial charge in [0.1, 0.15) is 6.10 Å². The van der Waals surface area contributed by atoms with Crippen molar-refractivity contribution >= 4 is 16.9 Å². The number of nitrogens with zero attached hydrogens (tertiary/aromatic N) is 2. The molecule has 1 aliphatic rings. The van der Waals surface area contributed by atoms with Gasteiger partial charge in [-0.25, -0.2) is 4.98 Å². The minimum atomic E-state index is -0.298. The van der Waals surface area contributed by atoms with Crippen LogP contribution in [-0.2, 0) is 16.1 Å². The average Bonchev–Trinajstić information content (AvgIpc) is 2.99. The molecule has 3 rings (SSSR count). The van der Waals surface area contributed by atoms with Gasteiger partial charge >= 0.3 is 0 Å². The molecule has 0 radical (unpaired) electrons. The minimum Gasteiger partial charge on any atom is -0.368 e. The van der Waals surface area contributed by atoms with Crippen molar-refractivity contribution in [2.45, 2.75) is 25.5 Å². The fourth-order valence-corrected chi connectivity index (χ4v) is 2.16. The summed E-state index contributed by atoms with van der Waals surface area (Å²) in [4.78, 5) is 20.6. The van der Waals surface area contributed by atoms with E-state index in [1.54, 1.807) is 6.20 Å². The van der Waals surface area contributed by atoms with Crippen molar-refractivity contribution < 1.29 is 9.53 Å². The lowest BCUT2D eigenvalue weighted by molar-refractivity contribution is -0.130. The maximum absolute atomic E-state index is 11.8. The molecule has 5 heteroatoms. The average molecular weight is 257 g/mol. The highest BCUT2D eigenvalue weighted by Gasteiger charge is 2.23. The molecule has 1 aliphatic heterocycles. The van der Waals surface area contributed by atoms with Crippen LogP contribution >= 0.6 is 0 Å². The van der Waals surface area contributed by atoms with Crippen molar-refractivity contribution in [2.24, 2.45) is 0 Å². The SMILES string of the molecule is O=C(NCc1cnc2ccccc2n1)C1CCCO1. The number of benzene rings is 1. The molecule has 1 atom stereocenters. The lowest BCUT2D eigenvalue weighted by Crippen LogP contribution is -2.33. The molecule has 1 aromatic carbocycles. The van der Waals surface area contributed by atoms with Crippen LogP contribution in [0.5, 0.6) is 0 Å². The van der Waals surface area contributed by atoms with E-state index >= 15 is 0 Å². The number of ether oxygens (including phenoxy) is 1. The summed E-state index contributed by atoms with van der Waals surface area (Å²) >= 11 is 0. The van der Waals surface area contributed by atoms with Gasteiger partial charge in [0.2, 0.25) is 5.91 Å². The van der Waals surface area contributed by atoms with Gasteiger partial charge in [-0.05, 0) is 25.0 Å². The van der Waals surface area contributed by atoms with Crippen molar-refractivity contribution in [3.63, 3.8) is 0 Å². The number of amides is 1. The number of hydrogen-bond acceptors (Lipinski definition) is 4. The van der Waals surface area contributed by atoms with E-state index in [-0.39, 0.29) is 12.0 Å². The smallest absolute Gasteiger partial charge is 0.249 e. The van der Waals surface area contributed by atoms with Crippen molar-refractivity contribution in [1.29, 1.82) is 0 Å². The summed E-state index contributed by atoms with van der Waals surface area (Å²) in [7, 11) is 0. The van der Waals surface area contributed by atoms with Gasteiger partial charge in [0.15, 0.2) is 0 Å². The monoisotopic (exact) mass is 257 g/mol. The van der Waals surface area contributed by atoms with E-state index in [1.165, 1.54) is 0 Å². The molecule has 1 amide bonds. The standard InChI is InChI=1S/C14H15N3O2/c18-14(13-6-3-7-19-13)16-9-10-8-15-11-4-1-2-5-12(11)17-10/h1-2,4-5,8,13H,3,6-7,9H2,(H,16,18). The van der Waals surface area contributed by atoms with Gasteiger partial charge < -0.3 is 10.1 Å². The number of rotatable bonds is 3. The summed E-state index contributed by atoms with van der Waals surface area (Å²) in [6, 6.07) is 7.67. The summed E-state index contributed by atoms with van der Waals surface area (Å²) < 4.78 is 5.33. The molecular weight excluding hydrogens is 242 g/mol. The molecule has 98 valence electrons. The van der Waals surface area contributed by atoms with Gasteiger partial charge in [-0.1, -0.05) is 12.1 Å². The Hall–Kier alpha value is -2.01. The van der Waals surface area contributed by atoms with Gasteiger partial charge in [0, 0.05) is 6.61 Å². The molecule has 2 aromatic rings. The molecule has 1 aromatic heterocycles. The van der Waals surface area contributed by atoms with Gasteiger partial charge in [-0.2, -0.15) is 0 Å². The molecule has 5 nitrogen and oxygen atoms in total. The van der Waals surface area contributed by atoms with E-state index in [9.17, 15) is 4.79 Å². The molecule has 0 aliphatic carbocycles. The molecule has 19 heavy (non-hydrogen) atoms. The van der Waals surface area contributed by atoms with Crippen LogP contribution in [0, 0.1) is 0 Å². The molecule has 0 bridgehead atoms. The molecule has 0 spiro atoms. The van der Waals surface area contributed by atoms with Gasteiger partial charge in [0.25, 0.3) is 0 Å². The summed E-state index contributed by atoms with van der Waals surface area (Å²) in [6.45, 7) is 1.06. The Balaban J connectivity index is 1.66. The van der Waals surface area contributed by atoms with Crippen molar-refractivity contribution in [3.05, 3.63) is 36.2 Å². The summed E-state index contributed by atoms with van der Waals surface area (Å²) in [5.74, 6) is -0.0625. The number of para-hydroxylation sites is 2. The highest BCUT2D eigenvalue weighted by molar-refractivity contribution is 5.81. The Morgan fingerprint density at radius 1 is 1.37 bits per heavy atom. The zero-order valence-corrected chi connectivity index (χ0v) is 10.5.